The molecule has 0 aliphatic rings. The third kappa shape index (κ3) is 3.18. The van der Waals surface area contributed by atoms with Crippen LogP contribution in [0.1, 0.15) is 19.0 Å². The summed E-state index contributed by atoms with van der Waals surface area (Å²) >= 11 is 0. The Balaban J connectivity index is 2.88. The van der Waals surface area contributed by atoms with Gasteiger partial charge in [0.25, 0.3) is 0 Å². The van der Waals surface area contributed by atoms with E-state index in [1.54, 1.807) is 32.0 Å². The monoisotopic (exact) mass is 243 g/mol. The molecular weight excluding hydrogens is 226 g/mol. The first kappa shape index (κ1) is 12.9. The average molecular weight is 243 g/mol. The molecule has 0 spiro atoms. The van der Waals surface area contributed by atoms with Crippen molar-refractivity contribution in [2.45, 2.75) is 25.5 Å². The summed E-state index contributed by atoms with van der Waals surface area (Å²) < 4.78 is 26.1. The Morgan fingerprint density at radius 2 is 2.19 bits per heavy atom. The molecule has 5 nitrogen and oxygen atoms in total. The van der Waals surface area contributed by atoms with Crippen molar-refractivity contribution in [3.8, 4) is 0 Å². The van der Waals surface area contributed by atoms with Crippen molar-refractivity contribution in [3.05, 3.63) is 23.9 Å². The molecule has 0 amide bonds. The summed E-state index contributed by atoms with van der Waals surface area (Å²) in [6, 6.07) is 5.18. The Kier molecular flexibility index (Phi) is 4.26. The minimum atomic E-state index is -3.43. The van der Waals surface area contributed by atoms with Crippen molar-refractivity contribution in [1.29, 1.82) is 0 Å². The number of aryl methyl sites for hydroxylation is 1. The van der Waals surface area contributed by atoms with Gasteiger partial charge < -0.3 is 5.73 Å². The third-order valence-electron chi connectivity index (χ3n) is 2.29. The molecule has 0 saturated heterocycles. The second-order valence-electron chi connectivity index (χ2n) is 3.58. The van der Waals surface area contributed by atoms with Crippen molar-refractivity contribution in [3.63, 3.8) is 0 Å². The van der Waals surface area contributed by atoms with Gasteiger partial charge in [0.2, 0.25) is 10.0 Å². The molecule has 0 fully saturated rings. The van der Waals surface area contributed by atoms with Gasteiger partial charge in [0, 0.05) is 12.2 Å². The molecule has 0 saturated carbocycles. The molecule has 1 rings (SSSR count). The van der Waals surface area contributed by atoms with E-state index in [9.17, 15) is 8.42 Å². The summed E-state index contributed by atoms with van der Waals surface area (Å²) in [6.45, 7) is 3.70. The van der Waals surface area contributed by atoms with Crippen LogP contribution in [-0.2, 0) is 10.0 Å². The fourth-order valence-corrected chi connectivity index (χ4v) is 2.61. The van der Waals surface area contributed by atoms with Crippen molar-refractivity contribution in [2.75, 3.05) is 11.3 Å². The van der Waals surface area contributed by atoms with E-state index in [-0.39, 0.29) is 6.54 Å². The highest BCUT2D eigenvalue weighted by Crippen LogP contribution is 2.11. The Labute approximate surface area is 96.1 Å². The largest absolute Gasteiger partial charge is 0.329 e. The number of pyridine rings is 1. The Morgan fingerprint density at radius 3 is 2.69 bits per heavy atom. The second kappa shape index (κ2) is 5.27. The first-order chi connectivity index (χ1) is 7.49. The smallest absolute Gasteiger partial charge is 0.238 e. The summed E-state index contributed by atoms with van der Waals surface area (Å²) in [4.78, 5) is 4.08. The molecule has 1 atom stereocenters. The van der Waals surface area contributed by atoms with E-state index in [0.717, 1.165) is 5.69 Å². The standard InChI is InChI=1S/C10H17N3O2S/c1-3-9(7-11)16(14,15)13-10-6-4-5-8(2)12-10/h4-6,9H,3,7,11H2,1-2H3,(H,12,13). The van der Waals surface area contributed by atoms with Crippen LogP contribution in [0.15, 0.2) is 18.2 Å². The van der Waals surface area contributed by atoms with Gasteiger partial charge in [-0.3, -0.25) is 4.72 Å². The summed E-state index contributed by atoms with van der Waals surface area (Å²) in [7, 11) is -3.43. The maximum atomic E-state index is 11.8. The van der Waals surface area contributed by atoms with Gasteiger partial charge in [-0.2, -0.15) is 0 Å². The lowest BCUT2D eigenvalue weighted by Gasteiger charge is -2.14. The molecule has 90 valence electrons. The lowest BCUT2D eigenvalue weighted by Crippen LogP contribution is -2.33. The number of hydrogen-bond donors (Lipinski definition) is 2. The molecule has 1 aromatic heterocycles. The summed E-state index contributed by atoms with van der Waals surface area (Å²) in [6.07, 6.45) is 0.484. The Morgan fingerprint density at radius 1 is 1.50 bits per heavy atom. The molecule has 3 N–H and O–H groups in total. The predicted molar refractivity (Wildman–Crippen MR) is 64.6 cm³/mol. The van der Waals surface area contributed by atoms with E-state index in [4.69, 9.17) is 5.73 Å². The minimum Gasteiger partial charge on any atom is -0.329 e. The van der Waals surface area contributed by atoms with Crippen molar-refractivity contribution >= 4 is 15.8 Å². The molecule has 0 radical (unpaired) electrons. The molecule has 0 aromatic carbocycles. The fraction of sp³-hybridized carbons (Fsp3) is 0.500. The van der Waals surface area contributed by atoms with Gasteiger partial charge in [-0.15, -0.1) is 0 Å². The van der Waals surface area contributed by atoms with Gasteiger partial charge in [-0.25, -0.2) is 13.4 Å². The van der Waals surface area contributed by atoms with E-state index in [2.05, 4.69) is 9.71 Å². The lowest BCUT2D eigenvalue weighted by molar-refractivity contribution is 0.581. The summed E-state index contributed by atoms with van der Waals surface area (Å²) in [5, 5.41) is -0.574. The fourth-order valence-electron chi connectivity index (χ4n) is 1.34. The normalized spacial score (nSPS) is 13.4. The number of hydrogen-bond acceptors (Lipinski definition) is 4. The molecule has 16 heavy (non-hydrogen) atoms. The highest BCUT2D eigenvalue weighted by atomic mass is 32.2. The Bertz CT molecular complexity index is 441. The van der Waals surface area contributed by atoms with Gasteiger partial charge in [-0.1, -0.05) is 13.0 Å². The van der Waals surface area contributed by atoms with Crippen LogP contribution in [0.3, 0.4) is 0 Å². The first-order valence-electron chi connectivity index (χ1n) is 5.15. The first-order valence-corrected chi connectivity index (χ1v) is 6.69. The van der Waals surface area contributed by atoms with Gasteiger partial charge in [0.15, 0.2) is 0 Å². The van der Waals surface area contributed by atoms with Gasteiger partial charge in [-0.05, 0) is 25.5 Å². The number of nitrogens with one attached hydrogen (secondary N) is 1. The summed E-state index contributed by atoms with van der Waals surface area (Å²) in [5.41, 5.74) is 6.18. The zero-order valence-electron chi connectivity index (χ0n) is 9.47. The highest BCUT2D eigenvalue weighted by molar-refractivity contribution is 7.93. The zero-order valence-corrected chi connectivity index (χ0v) is 10.3. The van der Waals surface area contributed by atoms with E-state index in [0.29, 0.717) is 12.2 Å². The predicted octanol–water partition coefficient (Wildman–Crippen LogP) is 0.869. The van der Waals surface area contributed by atoms with Gasteiger partial charge in [0.1, 0.15) is 5.82 Å². The molecule has 0 aliphatic carbocycles. The Hall–Kier alpha value is -1.14. The molecule has 1 unspecified atom stereocenters. The van der Waals surface area contributed by atoms with E-state index in [1.165, 1.54) is 0 Å². The van der Waals surface area contributed by atoms with Crippen LogP contribution in [0.25, 0.3) is 0 Å². The number of nitrogens with two attached hydrogens (primary N) is 1. The quantitative estimate of drug-likeness (QED) is 0.803. The lowest BCUT2D eigenvalue weighted by atomic mass is 10.3. The van der Waals surface area contributed by atoms with Crippen LogP contribution < -0.4 is 10.5 Å². The number of aromatic nitrogens is 1. The van der Waals surface area contributed by atoms with Crippen LogP contribution in [-0.4, -0.2) is 25.2 Å². The third-order valence-corrected chi connectivity index (χ3v) is 4.19. The molecule has 1 heterocycles. The maximum Gasteiger partial charge on any atom is 0.238 e. The zero-order chi connectivity index (χ0) is 12.2. The maximum absolute atomic E-state index is 11.8. The molecular formula is C10H17N3O2S. The second-order valence-corrected chi connectivity index (χ2v) is 5.54. The number of sulfonamides is 1. The van der Waals surface area contributed by atoms with Gasteiger partial charge in [0.05, 0.1) is 5.25 Å². The van der Waals surface area contributed by atoms with E-state index in [1.807, 2.05) is 0 Å². The summed E-state index contributed by atoms with van der Waals surface area (Å²) in [5.74, 6) is 0.340. The van der Waals surface area contributed by atoms with E-state index < -0.39 is 15.3 Å². The molecule has 6 heteroatoms. The van der Waals surface area contributed by atoms with Crippen LogP contribution in [0.5, 0.6) is 0 Å². The number of anilines is 1. The molecule has 0 bridgehead atoms. The van der Waals surface area contributed by atoms with Gasteiger partial charge >= 0.3 is 0 Å². The molecule has 1 aromatic rings. The highest BCUT2D eigenvalue weighted by Gasteiger charge is 2.22. The topological polar surface area (TPSA) is 85.1 Å². The van der Waals surface area contributed by atoms with Crippen molar-refractivity contribution < 1.29 is 8.42 Å². The molecule has 0 aliphatic heterocycles. The minimum absolute atomic E-state index is 0.109. The average Bonchev–Trinajstić information content (AvgIpc) is 2.18. The number of rotatable bonds is 5. The van der Waals surface area contributed by atoms with Crippen molar-refractivity contribution in [1.82, 2.24) is 4.98 Å². The van der Waals surface area contributed by atoms with Crippen LogP contribution in [0.2, 0.25) is 0 Å². The van der Waals surface area contributed by atoms with E-state index >= 15 is 0 Å². The van der Waals surface area contributed by atoms with Crippen LogP contribution in [0, 0.1) is 6.92 Å². The SMILES string of the molecule is CCC(CN)S(=O)(=O)Nc1cccc(C)n1. The number of nitrogens with zero attached hydrogens (tertiary/aromatic N) is 1. The van der Waals surface area contributed by atoms with Crippen molar-refractivity contribution in [2.24, 2.45) is 5.73 Å². The van der Waals surface area contributed by atoms with Crippen LogP contribution in [0.4, 0.5) is 5.82 Å². The van der Waals surface area contributed by atoms with Crippen LogP contribution >= 0.6 is 0 Å².